The number of aromatic nitrogens is 2. The van der Waals surface area contributed by atoms with E-state index in [1.165, 1.54) is 0 Å². The van der Waals surface area contributed by atoms with E-state index in [1.54, 1.807) is 30.3 Å². The van der Waals surface area contributed by atoms with Crippen molar-refractivity contribution in [2.45, 2.75) is 13.8 Å². The summed E-state index contributed by atoms with van der Waals surface area (Å²) < 4.78 is 15.7. The van der Waals surface area contributed by atoms with Gasteiger partial charge in [0.2, 0.25) is 17.7 Å². The SMILES string of the molecule is CCOc1cc(OCC)nc(NC(=O)Oc2ccccc2)n1. The lowest BCUT2D eigenvalue weighted by molar-refractivity contribution is 0.215. The maximum Gasteiger partial charge on any atom is 0.419 e. The molecule has 0 radical (unpaired) electrons. The third-order valence-corrected chi connectivity index (χ3v) is 2.43. The second-order valence-corrected chi connectivity index (χ2v) is 4.06. The van der Waals surface area contributed by atoms with Gasteiger partial charge in [-0.05, 0) is 26.0 Å². The van der Waals surface area contributed by atoms with Crippen molar-refractivity contribution in [3.05, 3.63) is 36.4 Å². The standard InChI is InChI=1S/C15H17N3O4/c1-3-20-12-10-13(21-4-2)17-14(16-12)18-15(19)22-11-8-6-5-7-9-11/h5-10H,3-4H2,1-2H3,(H,16,17,18,19). The Hall–Kier alpha value is -2.83. The number of benzene rings is 1. The lowest BCUT2D eigenvalue weighted by atomic mass is 10.3. The normalized spacial score (nSPS) is 9.91. The van der Waals surface area contributed by atoms with Gasteiger partial charge in [0.25, 0.3) is 0 Å². The summed E-state index contributed by atoms with van der Waals surface area (Å²) in [6, 6.07) is 10.3. The van der Waals surface area contributed by atoms with Gasteiger partial charge in [-0.3, -0.25) is 5.32 Å². The highest BCUT2D eigenvalue weighted by atomic mass is 16.6. The number of para-hydroxylation sites is 1. The predicted molar refractivity (Wildman–Crippen MR) is 80.5 cm³/mol. The Kier molecular flexibility index (Phi) is 5.53. The molecule has 0 atom stereocenters. The number of nitrogens with zero attached hydrogens (tertiary/aromatic N) is 2. The van der Waals surface area contributed by atoms with E-state index in [0.29, 0.717) is 30.7 Å². The quantitative estimate of drug-likeness (QED) is 0.883. The minimum absolute atomic E-state index is 0.0512. The Bertz CT molecular complexity index is 595. The third kappa shape index (κ3) is 4.62. The van der Waals surface area contributed by atoms with Crippen molar-refractivity contribution in [1.82, 2.24) is 9.97 Å². The molecule has 7 nitrogen and oxygen atoms in total. The van der Waals surface area contributed by atoms with E-state index in [0.717, 1.165) is 0 Å². The van der Waals surface area contributed by atoms with Crippen molar-refractivity contribution in [2.75, 3.05) is 18.5 Å². The lowest BCUT2D eigenvalue weighted by Gasteiger charge is -2.09. The number of hydrogen-bond donors (Lipinski definition) is 1. The smallest absolute Gasteiger partial charge is 0.419 e. The zero-order valence-corrected chi connectivity index (χ0v) is 12.4. The van der Waals surface area contributed by atoms with Crippen LogP contribution in [0.3, 0.4) is 0 Å². The van der Waals surface area contributed by atoms with Crippen LogP contribution in [0.2, 0.25) is 0 Å². The Labute approximate surface area is 128 Å². The number of carbonyl (C=O) groups is 1. The van der Waals surface area contributed by atoms with Crippen LogP contribution in [-0.4, -0.2) is 29.3 Å². The summed E-state index contributed by atoms with van der Waals surface area (Å²) in [5, 5.41) is 2.44. The van der Waals surface area contributed by atoms with E-state index in [9.17, 15) is 4.79 Å². The molecule has 2 rings (SSSR count). The Morgan fingerprint density at radius 2 is 1.64 bits per heavy atom. The van der Waals surface area contributed by atoms with Crippen LogP contribution in [0.1, 0.15) is 13.8 Å². The summed E-state index contributed by atoms with van der Waals surface area (Å²) in [5.74, 6) is 1.10. The molecule has 0 fully saturated rings. The van der Waals surface area contributed by atoms with Gasteiger partial charge in [0.05, 0.1) is 19.3 Å². The fourth-order valence-electron chi connectivity index (χ4n) is 1.62. The molecule has 0 bridgehead atoms. The van der Waals surface area contributed by atoms with Gasteiger partial charge in [-0.1, -0.05) is 18.2 Å². The maximum absolute atomic E-state index is 11.8. The number of nitrogens with one attached hydrogen (secondary N) is 1. The Balaban J connectivity index is 2.08. The molecule has 1 amide bonds. The second-order valence-electron chi connectivity index (χ2n) is 4.06. The van der Waals surface area contributed by atoms with Crippen molar-refractivity contribution < 1.29 is 19.0 Å². The van der Waals surface area contributed by atoms with Crippen LogP contribution in [0.15, 0.2) is 36.4 Å². The van der Waals surface area contributed by atoms with Gasteiger partial charge in [-0.15, -0.1) is 0 Å². The van der Waals surface area contributed by atoms with E-state index in [-0.39, 0.29) is 5.95 Å². The summed E-state index contributed by atoms with van der Waals surface area (Å²) in [5.41, 5.74) is 0. The molecule has 0 saturated heterocycles. The summed E-state index contributed by atoms with van der Waals surface area (Å²) in [7, 11) is 0. The van der Waals surface area contributed by atoms with Gasteiger partial charge in [-0.25, -0.2) is 4.79 Å². The highest BCUT2D eigenvalue weighted by Crippen LogP contribution is 2.18. The van der Waals surface area contributed by atoms with Gasteiger partial charge < -0.3 is 14.2 Å². The van der Waals surface area contributed by atoms with Crippen molar-refractivity contribution in [2.24, 2.45) is 0 Å². The molecule has 22 heavy (non-hydrogen) atoms. The highest BCUT2D eigenvalue weighted by molar-refractivity contribution is 5.84. The minimum atomic E-state index is -0.692. The van der Waals surface area contributed by atoms with Gasteiger partial charge in [0.1, 0.15) is 5.75 Å². The van der Waals surface area contributed by atoms with Crippen LogP contribution in [0.5, 0.6) is 17.5 Å². The zero-order chi connectivity index (χ0) is 15.8. The van der Waals surface area contributed by atoms with Crippen LogP contribution in [0, 0.1) is 0 Å². The van der Waals surface area contributed by atoms with E-state index < -0.39 is 6.09 Å². The topological polar surface area (TPSA) is 82.6 Å². The van der Waals surface area contributed by atoms with Gasteiger partial charge >= 0.3 is 6.09 Å². The summed E-state index contributed by atoms with van der Waals surface area (Å²) >= 11 is 0. The van der Waals surface area contributed by atoms with E-state index in [1.807, 2.05) is 19.9 Å². The molecule has 0 aliphatic carbocycles. The molecule has 1 heterocycles. The first kappa shape index (κ1) is 15.6. The minimum Gasteiger partial charge on any atom is -0.478 e. The third-order valence-electron chi connectivity index (χ3n) is 2.43. The molecule has 0 aliphatic rings. The molecule has 1 N–H and O–H groups in total. The fraction of sp³-hybridized carbons (Fsp3) is 0.267. The highest BCUT2D eigenvalue weighted by Gasteiger charge is 2.11. The molecular formula is C15H17N3O4. The predicted octanol–water partition coefficient (Wildman–Crippen LogP) is 2.88. The molecule has 0 aliphatic heterocycles. The van der Waals surface area contributed by atoms with Crippen molar-refractivity contribution in [1.29, 1.82) is 0 Å². The van der Waals surface area contributed by atoms with Crippen LogP contribution in [0.4, 0.5) is 10.7 Å². The molecule has 0 saturated carbocycles. The Morgan fingerprint density at radius 1 is 1.05 bits per heavy atom. The van der Waals surface area contributed by atoms with Crippen molar-refractivity contribution in [3.8, 4) is 17.5 Å². The average molecular weight is 303 g/mol. The first-order valence-electron chi connectivity index (χ1n) is 6.89. The lowest BCUT2D eigenvalue weighted by Crippen LogP contribution is -2.19. The van der Waals surface area contributed by atoms with Crippen LogP contribution in [0.25, 0.3) is 0 Å². The van der Waals surface area contributed by atoms with Gasteiger partial charge in [0.15, 0.2) is 0 Å². The number of hydrogen-bond acceptors (Lipinski definition) is 6. The fourth-order valence-corrected chi connectivity index (χ4v) is 1.62. The first-order valence-corrected chi connectivity index (χ1v) is 6.89. The van der Waals surface area contributed by atoms with Crippen molar-refractivity contribution >= 4 is 12.0 Å². The summed E-state index contributed by atoms with van der Waals surface area (Å²) in [4.78, 5) is 19.9. The van der Waals surface area contributed by atoms with Crippen LogP contribution >= 0.6 is 0 Å². The summed E-state index contributed by atoms with van der Waals surface area (Å²) in [6.45, 7) is 4.55. The number of carbonyl (C=O) groups excluding carboxylic acids is 1. The van der Waals surface area contributed by atoms with Crippen LogP contribution in [-0.2, 0) is 0 Å². The second kappa shape index (κ2) is 7.82. The van der Waals surface area contributed by atoms with Gasteiger partial charge in [-0.2, -0.15) is 9.97 Å². The molecule has 2 aromatic rings. The maximum atomic E-state index is 11.8. The first-order chi connectivity index (χ1) is 10.7. The number of amides is 1. The zero-order valence-electron chi connectivity index (χ0n) is 12.4. The molecular weight excluding hydrogens is 286 g/mol. The number of ether oxygens (including phenoxy) is 3. The molecule has 0 spiro atoms. The van der Waals surface area contributed by atoms with Crippen molar-refractivity contribution in [3.63, 3.8) is 0 Å². The molecule has 1 aromatic carbocycles. The number of anilines is 1. The summed E-state index contributed by atoms with van der Waals surface area (Å²) in [6.07, 6.45) is -0.692. The molecule has 116 valence electrons. The Morgan fingerprint density at radius 3 is 2.18 bits per heavy atom. The largest absolute Gasteiger partial charge is 0.478 e. The molecule has 0 unspecified atom stereocenters. The molecule has 7 heteroatoms. The molecule has 1 aromatic heterocycles. The van der Waals surface area contributed by atoms with E-state index >= 15 is 0 Å². The number of rotatable bonds is 6. The monoisotopic (exact) mass is 303 g/mol. The van der Waals surface area contributed by atoms with E-state index in [2.05, 4.69) is 15.3 Å². The average Bonchev–Trinajstić information content (AvgIpc) is 2.48. The van der Waals surface area contributed by atoms with Gasteiger partial charge in [0, 0.05) is 0 Å². The van der Waals surface area contributed by atoms with E-state index in [4.69, 9.17) is 14.2 Å². The van der Waals surface area contributed by atoms with Crippen LogP contribution < -0.4 is 19.5 Å².